The Kier molecular flexibility index (Phi) is 5.20. The highest BCUT2D eigenvalue weighted by molar-refractivity contribution is 6.32. The first kappa shape index (κ1) is 15.1. The molecule has 0 radical (unpaired) electrons. The van der Waals surface area contributed by atoms with E-state index >= 15 is 0 Å². The maximum atomic E-state index is 11.8. The fourth-order valence-corrected chi connectivity index (χ4v) is 2.14. The average molecular weight is 299 g/mol. The number of aromatic nitrogens is 1. The number of halogens is 1. The molecule has 2 rings (SSSR count). The summed E-state index contributed by atoms with van der Waals surface area (Å²) in [6, 6.07) is 1.65. The van der Waals surface area contributed by atoms with Gasteiger partial charge in [-0.3, -0.25) is 4.79 Å². The van der Waals surface area contributed by atoms with E-state index in [1.807, 2.05) is 13.8 Å². The van der Waals surface area contributed by atoms with Gasteiger partial charge in [-0.2, -0.15) is 0 Å². The van der Waals surface area contributed by atoms with Gasteiger partial charge in [-0.25, -0.2) is 4.98 Å². The van der Waals surface area contributed by atoms with Gasteiger partial charge < -0.3 is 14.8 Å². The van der Waals surface area contributed by atoms with E-state index in [1.54, 1.807) is 6.07 Å². The van der Waals surface area contributed by atoms with E-state index < -0.39 is 0 Å². The van der Waals surface area contributed by atoms with Crippen LogP contribution >= 0.6 is 11.6 Å². The molecule has 0 bridgehead atoms. The highest BCUT2D eigenvalue weighted by Gasteiger charge is 2.18. The minimum atomic E-state index is -0.188. The highest BCUT2D eigenvalue weighted by atomic mass is 35.5. The smallest absolute Gasteiger partial charge is 0.253 e. The minimum absolute atomic E-state index is 0.0689. The van der Waals surface area contributed by atoms with Crippen molar-refractivity contribution in [2.45, 2.75) is 38.8 Å². The molecule has 0 atom stereocenters. The number of nitrogens with zero attached hydrogens (tertiary/aromatic N) is 1. The van der Waals surface area contributed by atoms with Crippen LogP contribution in [0.25, 0.3) is 0 Å². The maximum Gasteiger partial charge on any atom is 0.253 e. The molecule has 6 heteroatoms. The SMILES string of the molecule is CC(C)NC(=O)c1cnc(OC2CCOCC2)c(Cl)c1. The van der Waals surface area contributed by atoms with Gasteiger partial charge in [0.15, 0.2) is 0 Å². The normalized spacial score (nSPS) is 16.2. The minimum Gasteiger partial charge on any atom is -0.473 e. The molecule has 0 unspecified atom stereocenters. The summed E-state index contributed by atoms with van der Waals surface area (Å²) in [4.78, 5) is 16.0. The van der Waals surface area contributed by atoms with Crippen LogP contribution in [0.4, 0.5) is 0 Å². The molecule has 1 amide bonds. The van der Waals surface area contributed by atoms with Crippen molar-refractivity contribution in [1.82, 2.24) is 10.3 Å². The molecule has 1 fully saturated rings. The topological polar surface area (TPSA) is 60.5 Å². The van der Waals surface area contributed by atoms with Crippen molar-refractivity contribution in [1.29, 1.82) is 0 Å². The van der Waals surface area contributed by atoms with Crippen LogP contribution in [0.5, 0.6) is 5.88 Å². The van der Waals surface area contributed by atoms with Crippen molar-refractivity contribution in [3.63, 3.8) is 0 Å². The number of carbonyl (C=O) groups is 1. The zero-order valence-electron chi connectivity index (χ0n) is 11.7. The van der Waals surface area contributed by atoms with E-state index in [9.17, 15) is 4.79 Å². The Morgan fingerprint density at radius 3 is 2.80 bits per heavy atom. The lowest BCUT2D eigenvalue weighted by Crippen LogP contribution is -2.30. The van der Waals surface area contributed by atoms with Gasteiger partial charge in [0.05, 0.1) is 18.8 Å². The monoisotopic (exact) mass is 298 g/mol. The second-order valence-corrected chi connectivity index (χ2v) is 5.48. The van der Waals surface area contributed by atoms with Crippen LogP contribution < -0.4 is 10.1 Å². The summed E-state index contributed by atoms with van der Waals surface area (Å²) in [5.74, 6) is 0.187. The highest BCUT2D eigenvalue weighted by Crippen LogP contribution is 2.25. The van der Waals surface area contributed by atoms with Crippen molar-refractivity contribution < 1.29 is 14.3 Å². The summed E-state index contributed by atoms with van der Waals surface area (Å²) in [6.45, 7) is 5.18. The van der Waals surface area contributed by atoms with Gasteiger partial charge in [-0.15, -0.1) is 0 Å². The lowest BCUT2D eigenvalue weighted by Gasteiger charge is -2.23. The number of hydrogen-bond donors (Lipinski definition) is 1. The van der Waals surface area contributed by atoms with E-state index in [-0.39, 0.29) is 18.1 Å². The molecule has 0 saturated carbocycles. The molecular formula is C14H19ClN2O3. The molecule has 2 heterocycles. The van der Waals surface area contributed by atoms with Crippen LogP contribution in [0.3, 0.4) is 0 Å². The van der Waals surface area contributed by atoms with Gasteiger partial charge in [0, 0.05) is 25.1 Å². The first-order chi connectivity index (χ1) is 9.56. The first-order valence-corrected chi connectivity index (χ1v) is 7.15. The van der Waals surface area contributed by atoms with Crippen molar-refractivity contribution in [2.75, 3.05) is 13.2 Å². The standard InChI is InChI=1S/C14H19ClN2O3/c1-9(2)17-13(18)10-7-12(15)14(16-8-10)20-11-3-5-19-6-4-11/h7-9,11H,3-6H2,1-2H3,(H,17,18). The number of hydrogen-bond acceptors (Lipinski definition) is 4. The Balaban J connectivity index is 2.03. The molecule has 20 heavy (non-hydrogen) atoms. The second-order valence-electron chi connectivity index (χ2n) is 5.07. The third-order valence-electron chi connectivity index (χ3n) is 2.94. The van der Waals surface area contributed by atoms with Crippen LogP contribution in [0.15, 0.2) is 12.3 Å². The van der Waals surface area contributed by atoms with Crippen LogP contribution in [-0.4, -0.2) is 36.3 Å². The molecule has 0 spiro atoms. The van der Waals surface area contributed by atoms with E-state index in [0.29, 0.717) is 29.7 Å². The summed E-state index contributed by atoms with van der Waals surface area (Å²) in [5.41, 5.74) is 0.433. The summed E-state index contributed by atoms with van der Waals surface area (Å²) >= 11 is 6.13. The Labute approximate surface area is 123 Å². The quantitative estimate of drug-likeness (QED) is 0.927. The van der Waals surface area contributed by atoms with Gasteiger partial charge in [-0.05, 0) is 19.9 Å². The van der Waals surface area contributed by atoms with Gasteiger partial charge in [0.1, 0.15) is 11.1 Å². The number of rotatable bonds is 4. The van der Waals surface area contributed by atoms with Crippen LogP contribution in [0.2, 0.25) is 5.02 Å². The van der Waals surface area contributed by atoms with Crippen molar-refractivity contribution in [2.24, 2.45) is 0 Å². The number of ether oxygens (including phenoxy) is 2. The predicted octanol–water partition coefficient (Wildman–Crippen LogP) is 2.43. The predicted molar refractivity (Wildman–Crippen MR) is 76.3 cm³/mol. The molecule has 0 aromatic carbocycles. The van der Waals surface area contributed by atoms with Crippen LogP contribution in [0, 0.1) is 0 Å². The third-order valence-corrected chi connectivity index (χ3v) is 3.21. The van der Waals surface area contributed by atoms with Gasteiger partial charge in [0.25, 0.3) is 5.91 Å². The third kappa shape index (κ3) is 4.08. The lowest BCUT2D eigenvalue weighted by molar-refractivity contribution is 0.0238. The Hall–Kier alpha value is -1.33. The maximum absolute atomic E-state index is 11.8. The fraction of sp³-hybridized carbons (Fsp3) is 0.571. The molecule has 1 saturated heterocycles. The molecule has 1 aliphatic rings. The summed E-state index contributed by atoms with van der Waals surface area (Å²) in [5, 5.41) is 3.15. The van der Waals surface area contributed by atoms with Gasteiger partial charge >= 0.3 is 0 Å². The molecule has 5 nitrogen and oxygen atoms in total. The number of amides is 1. The van der Waals surface area contributed by atoms with Crippen LogP contribution in [-0.2, 0) is 4.74 Å². The van der Waals surface area contributed by atoms with E-state index in [1.165, 1.54) is 6.20 Å². The summed E-state index contributed by atoms with van der Waals surface area (Å²) < 4.78 is 11.0. The molecule has 1 aromatic heterocycles. The molecular weight excluding hydrogens is 280 g/mol. The Morgan fingerprint density at radius 2 is 2.20 bits per heavy atom. The van der Waals surface area contributed by atoms with Gasteiger partial charge in [-0.1, -0.05) is 11.6 Å². The van der Waals surface area contributed by atoms with E-state index in [0.717, 1.165) is 12.8 Å². The van der Waals surface area contributed by atoms with E-state index in [2.05, 4.69) is 10.3 Å². The Morgan fingerprint density at radius 1 is 1.50 bits per heavy atom. The number of nitrogens with one attached hydrogen (secondary N) is 1. The second kappa shape index (κ2) is 6.90. The van der Waals surface area contributed by atoms with Crippen molar-refractivity contribution in [3.05, 3.63) is 22.8 Å². The van der Waals surface area contributed by atoms with Crippen molar-refractivity contribution in [3.8, 4) is 5.88 Å². The first-order valence-electron chi connectivity index (χ1n) is 6.77. The Bertz CT molecular complexity index is 473. The molecule has 110 valence electrons. The molecule has 1 aromatic rings. The molecule has 1 aliphatic heterocycles. The van der Waals surface area contributed by atoms with Crippen molar-refractivity contribution >= 4 is 17.5 Å². The zero-order chi connectivity index (χ0) is 14.5. The zero-order valence-corrected chi connectivity index (χ0v) is 12.4. The summed E-state index contributed by atoms with van der Waals surface area (Å²) in [6.07, 6.45) is 3.21. The van der Waals surface area contributed by atoms with E-state index in [4.69, 9.17) is 21.1 Å². The number of pyridine rings is 1. The molecule has 0 aliphatic carbocycles. The molecule has 1 N–H and O–H groups in total. The fourth-order valence-electron chi connectivity index (χ4n) is 1.93. The number of carbonyl (C=O) groups excluding carboxylic acids is 1. The summed E-state index contributed by atoms with van der Waals surface area (Å²) in [7, 11) is 0. The largest absolute Gasteiger partial charge is 0.473 e. The lowest BCUT2D eigenvalue weighted by atomic mass is 10.1. The van der Waals surface area contributed by atoms with Gasteiger partial charge in [0.2, 0.25) is 5.88 Å². The average Bonchev–Trinajstić information content (AvgIpc) is 2.41. The van der Waals surface area contributed by atoms with Crippen LogP contribution in [0.1, 0.15) is 37.0 Å².